The minimum Gasteiger partial charge on any atom is -0.479 e. The smallest absolute Gasteiger partial charge is 0.335 e. The van der Waals surface area contributed by atoms with E-state index in [1.807, 2.05) is 0 Å². The number of aliphatic hydroxyl groups is 3. The first-order valence-electron chi connectivity index (χ1n) is 5.04. The number of ether oxygens (including phenoxy) is 2. The van der Waals surface area contributed by atoms with Gasteiger partial charge in [-0.3, -0.25) is 0 Å². The predicted molar refractivity (Wildman–Crippen MR) is 54.3 cm³/mol. The van der Waals surface area contributed by atoms with Gasteiger partial charge >= 0.3 is 5.97 Å². The summed E-state index contributed by atoms with van der Waals surface area (Å²) >= 11 is 0. The Hall–Kier alpha value is -1.42. The normalized spacial score (nSPS) is 35.8. The fourth-order valence-corrected chi connectivity index (χ4v) is 1.44. The number of azide groups is 1. The van der Waals surface area contributed by atoms with Crippen LogP contribution in [0.5, 0.6) is 0 Å². The molecule has 0 saturated carbocycles. The minimum absolute atomic E-state index is 0.0422. The van der Waals surface area contributed by atoms with Crippen LogP contribution in [0.15, 0.2) is 5.11 Å². The van der Waals surface area contributed by atoms with Crippen molar-refractivity contribution in [2.24, 2.45) is 5.11 Å². The quantitative estimate of drug-likeness (QED) is 0.196. The van der Waals surface area contributed by atoms with Crippen LogP contribution >= 0.6 is 0 Å². The van der Waals surface area contributed by atoms with E-state index in [1.165, 1.54) is 0 Å². The summed E-state index contributed by atoms with van der Waals surface area (Å²) in [6, 6.07) is 0. The molecule has 1 aliphatic rings. The van der Waals surface area contributed by atoms with Crippen molar-refractivity contribution in [3.05, 3.63) is 10.4 Å². The Labute approximate surface area is 101 Å². The maximum atomic E-state index is 10.7. The van der Waals surface area contributed by atoms with E-state index in [2.05, 4.69) is 10.0 Å². The first-order valence-corrected chi connectivity index (χ1v) is 5.04. The summed E-state index contributed by atoms with van der Waals surface area (Å²) in [7, 11) is 0. The fraction of sp³-hybridized carbons (Fsp3) is 0.875. The second-order valence-electron chi connectivity index (χ2n) is 3.56. The van der Waals surface area contributed by atoms with E-state index in [9.17, 15) is 20.1 Å². The maximum absolute atomic E-state index is 10.7. The van der Waals surface area contributed by atoms with E-state index in [4.69, 9.17) is 20.1 Å². The van der Waals surface area contributed by atoms with Crippen LogP contribution in [0, 0.1) is 0 Å². The molecule has 0 aromatic rings. The molecule has 4 N–H and O–H groups in total. The highest BCUT2D eigenvalue weighted by molar-refractivity contribution is 5.73. The van der Waals surface area contributed by atoms with Crippen molar-refractivity contribution >= 4 is 5.97 Å². The van der Waals surface area contributed by atoms with Gasteiger partial charge in [0.05, 0.1) is 6.61 Å². The molecule has 0 aromatic heterocycles. The van der Waals surface area contributed by atoms with Crippen LogP contribution in [0.1, 0.15) is 0 Å². The van der Waals surface area contributed by atoms with Crippen molar-refractivity contribution in [1.82, 2.24) is 0 Å². The van der Waals surface area contributed by atoms with Crippen LogP contribution in [0.25, 0.3) is 10.4 Å². The van der Waals surface area contributed by atoms with Gasteiger partial charge in [-0.15, -0.1) is 0 Å². The van der Waals surface area contributed by atoms with Gasteiger partial charge in [0.25, 0.3) is 0 Å². The Kier molecular flexibility index (Phi) is 5.28. The standard InChI is InChI=1S/C8H13N3O7/c9-11-10-1-2-17-8-5(14)3(12)4(13)6(18-8)7(15)16/h3-6,8,12-14H,1-2H2,(H,15,16)/t3?,4-,5?,6?,8+/m0/s1. The molecule has 1 saturated heterocycles. The highest BCUT2D eigenvalue weighted by Crippen LogP contribution is 2.22. The third-order valence-corrected chi connectivity index (χ3v) is 2.35. The molecule has 0 radical (unpaired) electrons. The third-order valence-electron chi connectivity index (χ3n) is 2.35. The van der Waals surface area contributed by atoms with Gasteiger partial charge < -0.3 is 29.9 Å². The fourth-order valence-electron chi connectivity index (χ4n) is 1.44. The van der Waals surface area contributed by atoms with Crippen molar-refractivity contribution in [3.63, 3.8) is 0 Å². The predicted octanol–water partition coefficient (Wildman–Crippen LogP) is -1.79. The van der Waals surface area contributed by atoms with Gasteiger partial charge in [-0.25, -0.2) is 4.79 Å². The average molecular weight is 263 g/mol. The topological polar surface area (TPSA) is 165 Å². The number of aliphatic hydroxyl groups excluding tert-OH is 3. The number of hydrogen-bond donors (Lipinski definition) is 4. The number of carbonyl (C=O) groups is 1. The Balaban J connectivity index is 2.61. The van der Waals surface area contributed by atoms with Gasteiger partial charge in [0, 0.05) is 11.5 Å². The van der Waals surface area contributed by atoms with Crippen molar-refractivity contribution in [1.29, 1.82) is 0 Å². The summed E-state index contributed by atoms with van der Waals surface area (Å²) in [5, 5.41) is 40.2. The molecule has 1 aliphatic heterocycles. The van der Waals surface area contributed by atoms with Crippen LogP contribution in [-0.4, -0.2) is 70.3 Å². The lowest BCUT2D eigenvalue weighted by molar-refractivity contribution is -0.293. The lowest BCUT2D eigenvalue weighted by atomic mass is 9.99. The number of carboxylic acid groups (broad SMARTS) is 1. The zero-order valence-electron chi connectivity index (χ0n) is 9.16. The minimum atomic E-state index is -1.76. The lowest BCUT2D eigenvalue weighted by Gasteiger charge is -2.38. The van der Waals surface area contributed by atoms with Crippen LogP contribution in [0.4, 0.5) is 0 Å². The van der Waals surface area contributed by atoms with Crippen LogP contribution in [-0.2, 0) is 14.3 Å². The molecule has 1 rings (SSSR count). The van der Waals surface area contributed by atoms with E-state index in [1.54, 1.807) is 0 Å². The highest BCUT2D eigenvalue weighted by atomic mass is 16.7. The monoisotopic (exact) mass is 263 g/mol. The van der Waals surface area contributed by atoms with Gasteiger partial charge in [-0.2, -0.15) is 0 Å². The highest BCUT2D eigenvalue weighted by Gasteiger charge is 2.47. The zero-order valence-corrected chi connectivity index (χ0v) is 9.16. The van der Waals surface area contributed by atoms with Crippen molar-refractivity contribution < 1.29 is 34.7 Å². The molecule has 0 bridgehead atoms. The van der Waals surface area contributed by atoms with Crippen molar-refractivity contribution in [2.75, 3.05) is 13.2 Å². The van der Waals surface area contributed by atoms with Crippen LogP contribution in [0.3, 0.4) is 0 Å². The van der Waals surface area contributed by atoms with Crippen LogP contribution < -0.4 is 0 Å². The molecule has 0 aromatic carbocycles. The molecule has 1 heterocycles. The van der Waals surface area contributed by atoms with Crippen molar-refractivity contribution in [3.8, 4) is 0 Å². The molecule has 1 fully saturated rings. The SMILES string of the molecule is [N-]=[N+]=NCCO[C@@H]1OC(C(=O)O)[C@@H](O)C(O)C1O. The molecule has 18 heavy (non-hydrogen) atoms. The third kappa shape index (κ3) is 3.29. The molecule has 5 atom stereocenters. The average Bonchev–Trinajstić information content (AvgIpc) is 2.33. The Morgan fingerprint density at radius 3 is 2.56 bits per heavy atom. The second kappa shape index (κ2) is 6.50. The van der Waals surface area contributed by atoms with E-state index in [0.717, 1.165) is 0 Å². The largest absolute Gasteiger partial charge is 0.479 e. The molecule has 0 spiro atoms. The van der Waals surface area contributed by atoms with Gasteiger partial charge in [0.1, 0.15) is 18.3 Å². The number of hydrogen-bond acceptors (Lipinski definition) is 7. The number of nitrogens with zero attached hydrogens (tertiary/aromatic N) is 3. The Morgan fingerprint density at radius 1 is 1.33 bits per heavy atom. The first-order chi connectivity index (χ1) is 8.49. The number of carboxylic acids is 1. The van der Waals surface area contributed by atoms with Gasteiger partial charge in [0.15, 0.2) is 12.4 Å². The van der Waals surface area contributed by atoms with E-state index in [-0.39, 0.29) is 13.2 Å². The summed E-state index contributed by atoms with van der Waals surface area (Å²) in [6.07, 6.45) is -8.17. The number of aliphatic carboxylic acids is 1. The Bertz CT molecular complexity index is 346. The molecule has 10 nitrogen and oxygen atoms in total. The number of rotatable bonds is 5. The van der Waals surface area contributed by atoms with E-state index >= 15 is 0 Å². The first kappa shape index (κ1) is 14.6. The molecule has 0 aliphatic carbocycles. The molecule has 3 unspecified atom stereocenters. The molecule has 0 amide bonds. The van der Waals surface area contributed by atoms with E-state index in [0.29, 0.717) is 0 Å². The summed E-state index contributed by atoms with van der Waals surface area (Å²) in [6.45, 7) is -0.166. The van der Waals surface area contributed by atoms with Gasteiger partial charge in [-0.1, -0.05) is 5.11 Å². The summed E-state index contributed by atoms with van der Waals surface area (Å²) in [5.41, 5.74) is 8.02. The van der Waals surface area contributed by atoms with Crippen LogP contribution in [0.2, 0.25) is 0 Å². The summed E-state index contributed by atoms with van der Waals surface area (Å²) < 4.78 is 9.73. The lowest BCUT2D eigenvalue weighted by Crippen LogP contribution is -2.60. The second-order valence-corrected chi connectivity index (χ2v) is 3.56. The molecular weight excluding hydrogens is 250 g/mol. The molecule has 102 valence electrons. The Morgan fingerprint density at radius 2 is 2.00 bits per heavy atom. The van der Waals surface area contributed by atoms with Crippen molar-refractivity contribution in [2.45, 2.75) is 30.7 Å². The molecular formula is C8H13N3O7. The zero-order chi connectivity index (χ0) is 13.7. The van der Waals surface area contributed by atoms with Gasteiger partial charge in [0.2, 0.25) is 0 Å². The van der Waals surface area contributed by atoms with E-state index < -0.39 is 36.7 Å². The molecule has 10 heteroatoms. The summed E-state index contributed by atoms with van der Waals surface area (Å²) in [5.74, 6) is -1.49. The maximum Gasteiger partial charge on any atom is 0.335 e. The summed E-state index contributed by atoms with van der Waals surface area (Å²) in [4.78, 5) is 13.2. The van der Waals surface area contributed by atoms with Gasteiger partial charge in [-0.05, 0) is 5.53 Å².